The Bertz CT molecular complexity index is 1520. The molecule has 1 unspecified atom stereocenters. The van der Waals surface area contributed by atoms with Gasteiger partial charge in [-0.05, 0) is 50.4 Å². The lowest BCUT2D eigenvalue weighted by Gasteiger charge is -2.41. The summed E-state index contributed by atoms with van der Waals surface area (Å²) in [5.74, 6) is 0.431. The molecule has 3 aliphatic rings. The molecule has 0 bridgehead atoms. The van der Waals surface area contributed by atoms with Gasteiger partial charge >= 0.3 is 6.09 Å². The Kier molecular flexibility index (Phi) is 6.80. The maximum atomic E-state index is 12.7. The third-order valence-corrected chi connectivity index (χ3v) is 9.02. The van der Waals surface area contributed by atoms with E-state index in [1.165, 1.54) is 6.33 Å². The minimum absolute atomic E-state index is 0.276. The van der Waals surface area contributed by atoms with Crippen molar-refractivity contribution >= 4 is 28.6 Å². The van der Waals surface area contributed by atoms with Gasteiger partial charge in [-0.2, -0.15) is 5.10 Å². The highest BCUT2D eigenvalue weighted by molar-refractivity contribution is 5.98. The zero-order valence-electron chi connectivity index (χ0n) is 23.4. The van der Waals surface area contributed by atoms with Gasteiger partial charge in [-0.15, -0.1) is 0 Å². The molecule has 212 valence electrons. The predicted octanol–water partition coefficient (Wildman–Crippen LogP) is 4.50. The Labute approximate surface area is 239 Å². The fraction of sp³-hybridized carbons (Fsp3) is 0.419. The van der Waals surface area contributed by atoms with Gasteiger partial charge in [-0.1, -0.05) is 42.5 Å². The van der Waals surface area contributed by atoms with Crippen molar-refractivity contribution in [3.63, 3.8) is 0 Å². The van der Waals surface area contributed by atoms with E-state index in [-0.39, 0.29) is 18.2 Å². The maximum absolute atomic E-state index is 12.7. The number of aromatic nitrogens is 4. The van der Waals surface area contributed by atoms with Gasteiger partial charge in [-0.3, -0.25) is 9.80 Å². The molecule has 10 heteroatoms. The lowest BCUT2D eigenvalue weighted by atomic mass is 9.90. The third-order valence-electron chi connectivity index (χ3n) is 9.02. The highest BCUT2D eigenvalue weighted by Gasteiger charge is 2.34. The van der Waals surface area contributed by atoms with Crippen LogP contribution in [0.15, 0.2) is 60.9 Å². The van der Waals surface area contributed by atoms with Crippen molar-refractivity contribution < 1.29 is 9.53 Å². The summed E-state index contributed by atoms with van der Waals surface area (Å²) in [5, 5.41) is 5.88. The van der Waals surface area contributed by atoms with Crippen molar-refractivity contribution in [1.82, 2.24) is 29.5 Å². The average Bonchev–Trinajstić information content (AvgIpc) is 3.60. The molecule has 2 aromatic heterocycles. The molecule has 1 saturated carbocycles. The van der Waals surface area contributed by atoms with E-state index >= 15 is 0 Å². The Morgan fingerprint density at radius 1 is 0.878 bits per heavy atom. The first-order valence-corrected chi connectivity index (χ1v) is 14.6. The first-order chi connectivity index (χ1) is 20.0. The highest BCUT2D eigenvalue weighted by atomic mass is 16.6. The number of anilines is 2. The number of ether oxygens (including phenoxy) is 1. The third kappa shape index (κ3) is 4.91. The second kappa shape index (κ2) is 10.8. The van der Waals surface area contributed by atoms with Crippen LogP contribution in [-0.2, 0) is 4.74 Å². The van der Waals surface area contributed by atoms with Gasteiger partial charge < -0.3 is 15.4 Å². The Balaban J connectivity index is 1.11. The molecule has 7 rings (SSSR count). The van der Waals surface area contributed by atoms with Crippen molar-refractivity contribution in [2.24, 2.45) is 0 Å². The van der Waals surface area contributed by atoms with Crippen LogP contribution >= 0.6 is 0 Å². The van der Waals surface area contributed by atoms with Crippen molar-refractivity contribution in [2.75, 3.05) is 50.4 Å². The zero-order valence-corrected chi connectivity index (χ0v) is 23.4. The maximum Gasteiger partial charge on any atom is 0.415 e. The Hall–Kier alpha value is -4.02. The molecule has 2 aromatic carbocycles. The van der Waals surface area contributed by atoms with Crippen molar-refractivity contribution in [3.05, 3.63) is 66.5 Å². The number of nitrogen functional groups attached to an aromatic ring is 1. The number of nitrogens with zero attached hydrogens (tertiary/aromatic N) is 7. The Morgan fingerprint density at radius 3 is 2.32 bits per heavy atom. The van der Waals surface area contributed by atoms with E-state index in [1.807, 2.05) is 54.6 Å². The SMILES string of the molecule is CN1CCN([C@H]2CC[C@H](n3nc(-c4ccc(N5CC(c6ccccc6)OC5=O)cc4)c4c(N)ncnc43)CC2)CC1. The molecule has 10 nitrogen and oxygen atoms in total. The summed E-state index contributed by atoms with van der Waals surface area (Å²) < 4.78 is 7.74. The van der Waals surface area contributed by atoms with Gasteiger partial charge in [-0.25, -0.2) is 19.4 Å². The number of hydrogen-bond donors (Lipinski definition) is 1. The molecule has 2 N–H and O–H groups in total. The topological polar surface area (TPSA) is 106 Å². The van der Waals surface area contributed by atoms with Crippen LogP contribution in [-0.4, -0.2) is 81.5 Å². The fourth-order valence-corrected chi connectivity index (χ4v) is 6.62. The quantitative estimate of drug-likeness (QED) is 0.386. The number of carbonyl (C=O) groups excluding carboxylic acids is 1. The van der Waals surface area contributed by atoms with Crippen LogP contribution < -0.4 is 10.6 Å². The fourth-order valence-electron chi connectivity index (χ4n) is 6.62. The molecule has 4 aromatic rings. The van der Waals surface area contributed by atoms with Gasteiger partial charge in [0.25, 0.3) is 0 Å². The zero-order chi connectivity index (χ0) is 27.9. The summed E-state index contributed by atoms with van der Waals surface area (Å²) in [5.41, 5.74) is 10.7. The number of rotatable bonds is 5. The summed E-state index contributed by atoms with van der Waals surface area (Å²) in [7, 11) is 2.21. The number of fused-ring (bicyclic) bond motifs is 1. The summed E-state index contributed by atoms with van der Waals surface area (Å²) >= 11 is 0. The van der Waals surface area contributed by atoms with Crippen molar-refractivity contribution in [1.29, 1.82) is 0 Å². The van der Waals surface area contributed by atoms with Gasteiger partial charge in [0.15, 0.2) is 5.65 Å². The summed E-state index contributed by atoms with van der Waals surface area (Å²) in [6, 6.07) is 18.6. The van der Waals surface area contributed by atoms with Crippen molar-refractivity contribution in [3.8, 4) is 11.3 Å². The number of piperazine rings is 1. The molecule has 41 heavy (non-hydrogen) atoms. The summed E-state index contributed by atoms with van der Waals surface area (Å²) in [6.45, 7) is 5.07. The monoisotopic (exact) mass is 552 g/mol. The van der Waals surface area contributed by atoms with Gasteiger partial charge in [0.2, 0.25) is 0 Å². The molecule has 1 amide bonds. The van der Waals surface area contributed by atoms with Crippen LogP contribution in [0.4, 0.5) is 16.3 Å². The van der Waals surface area contributed by atoms with E-state index in [0.717, 1.165) is 85.4 Å². The molecule has 1 atom stereocenters. The molecular weight excluding hydrogens is 516 g/mol. The molecule has 3 fully saturated rings. The lowest BCUT2D eigenvalue weighted by molar-refractivity contribution is 0.0815. The predicted molar refractivity (Wildman–Crippen MR) is 159 cm³/mol. The minimum atomic E-state index is -0.342. The first-order valence-electron chi connectivity index (χ1n) is 14.6. The number of benzene rings is 2. The van der Waals surface area contributed by atoms with Crippen molar-refractivity contribution in [2.45, 2.75) is 43.9 Å². The highest BCUT2D eigenvalue weighted by Crippen LogP contribution is 2.38. The largest absolute Gasteiger partial charge is 0.439 e. The minimum Gasteiger partial charge on any atom is -0.439 e. The smallest absolute Gasteiger partial charge is 0.415 e. The van der Waals surface area contributed by atoms with E-state index in [9.17, 15) is 4.79 Å². The molecular formula is C31H36N8O2. The van der Waals surface area contributed by atoms with Gasteiger partial charge in [0, 0.05) is 43.5 Å². The van der Waals surface area contributed by atoms with E-state index in [1.54, 1.807) is 4.90 Å². The van der Waals surface area contributed by atoms with Crippen LogP contribution in [0, 0.1) is 0 Å². The average molecular weight is 553 g/mol. The van der Waals surface area contributed by atoms with E-state index in [2.05, 4.69) is 31.5 Å². The first kappa shape index (κ1) is 25.9. The van der Waals surface area contributed by atoms with Crippen LogP contribution in [0.3, 0.4) is 0 Å². The molecule has 0 spiro atoms. The summed E-state index contributed by atoms with van der Waals surface area (Å²) in [6.07, 6.45) is 5.36. The second-order valence-corrected chi connectivity index (χ2v) is 11.5. The second-order valence-electron chi connectivity index (χ2n) is 11.5. The number of hydrogen-bond acceptors (Lipinski definition) is 8. The van der Waals surface area contributed by atoms with Gasteiger partial charge in [0.1, 0.15) is 23.9 Å². The normalized spacial score (nSPS) is 24.2. The van der Waals surface area contributed by atoms with Crippen LogP contribution in [0.25, 0.3) is 22.3 Å². The van der Waals surface area contributed by atoms with Crippen LogP contribution in [0.1, 0.15) is 43.4 Å². The van der Waals surface area contributed by atoms with E-state index in [0.29, 0.717) is 18.4 Å². The molecule has 1 aliphatic carbocycles. The number of likely N-dealkylation sites (N-methyl/N-ethyl adjacent to an activating group) is 1. The van der Waals surface area contributed by atoms with Crippen LogP contribution in [0.5, 0.6) is 0 Å². The van der Waals surface area contributed by atoms with E-state index < -0.39 is 0 Å². The lowest BCUT2D eigenvalue weighted by Crippen LogP contribution is -2.49. The molecule has 2 aliphatic heterocycles. The number of nitrogens with two attached hydrogens (primary N) is 1. The molecule has 2 saturated heterocycles. The molecule has 0 radical (unpaired) electrons. The van der Waals surface area contributed by atoms with E-state index in [4.69, 9.17) is 15.6 Å². The summed E-state index contributed by atoms with van der Waals surface area (Å²) in [4.78, 5) is 28.4. The number of carbonyl (C=O) groups is 1. The number of cyclic esters (lactones) is 1. The van der Waals surface area contributed by atoms with Crippen LogP contribution in [0.2, 0.25) is 0 Å². The van der Waals surface area contributed by atoms with Gasteiger partial charge in [0.05, 0.1) is 18.0 Å². The Morgan fingerprint density at radius 2 is 1.59 bits per heavy atom. The number of amides is 1. The standard InChI is InChI=1S/C31H36N8O2/c1-36-15-17-37(18-16-36)23-11-13-25(14-12-23)39-30-27(29(32)33-20-34-30)28(35-39)22-7-9-24(10-8-22)38-19-26(41-31(38)40)21-5-3-2-4-6-21/h2-10,20,23,25-26H,11-19H2,1H3,(H2,32,33,34)/t23-,25-,26?. The molecule has 4 heterocycles.